The molecule has 1 aromatic heterocycles. The van der Waals surface area contributed by atoms with Crippen molar-refractivity contribution in [3.05, 3.63) is 32.6 Å². The van der Waals surface area contributed by atoms with Crippen molar-refractivity contribution in [2.24, 2.45) is 5.73 Å². The third-order valence-corrected chi connectivity index (χ3v) is 1.64. The molecule has 0 fully saturated rings. The van der Waals surface area contributed by atoms with Crippen molar-refractivity contribution in [1.29, 1.82) is 0 Å². The van der Waals surface area contributed by atoms with Gasteiger partial charge in [0.15, 0.2) is 0 Å². The summed E-state index contributed by atoms with van der Waals surface area (Å²) in [6.45, 7) is 1.75. The van der Waals surface area contributed by atoms with E-state index < -0.39 is 5.69 Å². The van der Waals surface area contributed by atoms with E-state index in [1.807, 2.05) is 0 Å². The third-order valence-electron chi connectivity index (χ3n) is 1.52. The molecule has 0 saturated heterocycles. The summed E-state index contributed by atoms with van der Waals surface area (Å²) < 4.78 is 1.26. The average molecular weight is 199 g/mol. The zero-order valence-corrected chi connectivity index (χ0v) is 7.85. The van der Waals surface area contributed by atoms with Gasteiger partial charge in [0.2, 0.25) is 0 Å². The molecule has 0 aliphatic carbocycles. The fraction of sp³-hybridized carbons (Fsp3) is 0.286. The molecule has 5 nitrogen and oxygen atoms in total. The van der Waals surface area contributed by atoms with Crippen LogP contribution < -0.4 is 17.0 Å². The lowest BCUT2D eigenvalue weighted by Gasteiger charge is -2.03. The molecule has 0 aliphatic heterocycles. The van der Waals surface area contributed by atoms with E-state index in [9.17, 15) is 9.59 Å². The van der Waals surface area contributed by atoms with Crippen molar-refractivity contribution >= 4 is 17.2 Å². The highest BCUT2D eigenvalue weighted by atomic mass is 32.1. The topological polar surface area (TPSA) is 80.9 Å². The summed E-state index contributed by atoms with van der Waals surface area (Å²) in [6.07, 6.45) is 1.43. The number of rotatable bonds is 2. The number of nitrogens with one attached hydrogen (secondary N) is 1. The molecule has 1 rings (SSSR count). The van der Waals surface area contributed by atoms with Crippen LogP contribution in [0.3, 0.4) is 0 Å². The number of thiocarbonyl (C=S) groups is 1. The van der Waals surface area contributed by atoms with Gasteiger partial charge in [0.05, 0.1) is 11.5 Å². The van der Waals surface area contributed by atoms with Gasteiger partial charge in [0.25, 0.3) is 5.56 Å². The van der Waals surface area contributed by atoms with Crippen LogP contribution in [0, 0.1) is 6.92 Å². The summed E-state index contributed by atoms with van der Waals surface area (Å²) in [6, 6.07) is 0. The number of nitrogens with two attached hydrogens (primary N) is 1. The summed E-state index contributed by atoms with van der Waals surface area (Å²) in [5.74, 6) is 0. The molecule has 13 heavy (non-hydrogen) atoms. The number of aromatic nitrogens is 2. The van der Waals surface area contributed by atoms with E-state index in [1.165, 1.54) is 10.8 Å². The zero-order chi connectivity index (χ0) is 10.0. The summed E-state index contributed by atoms with van der Waals surface area (Å²) in [5.41, 5.74) is 4.83. The molecule has 0 atom stereocenters. The molecular weight excluding hydrogens is 190 g/mol. The van der Waals surface area contributed by atoms with Gasteiger partial charge in [-0.05, 0) is 6.92 Å². The number of hydrogen-bond acceptors (Lipinski definition) is 3. The van der Waals surface area contributed by atoms with Crippen LogP contribution in [0.15, 0.2) is 15.8 Å². The molecule has 70 valence electrons. The van der Waals surface area contributed by atoms with Gasteiger partial charge in [-0.25, -0.2) is 4.79 Å². The number of aromatic amines is 1. The highest BCUT2D eigenvalue weighted by Gasteiger charge is 2.00. The fourth-order valence-corrected chi connectivity index (χ4v) is 1.04. The quantitative estimate of drug-likeness (QED) is 0.607. The average Bonchev–Trinajstić information content (AvgIpc) is 1.99. The molecule has 0 spiro atoms. The van der Waals surface area contributed by atoms with Gasteiger partial charge in [-0.3, -0.25) is 14.3 Å². The Labute approximate surface area is 79.2 Å². The van der Waals surface area contributed by atoms with E-state index in [0.29, 0.717) is 5.56 Å². The van der Waals surface area contributed by atoms with Crippen LogP contribution in [0.2, 0.25) is 0 Å². The highest BCUT2D eigenvalue weighted by molar-refractivity contribution is 7.80. The monoisotopic (exact) mass is 199 g/mol. The Morgan fingerprint density at radius 3 is 2.85 bits per heavy atom. The Morgan fingerprint density at radius 2 is 2.31 bits per heavy atom. The first-order chi connectivity index (χ1) is 6.00. The van der Waals surface area contributed by atoms with E-state index in [-0.39, 0.29) is 17.1 Å². The molecular formula is C7H9N3O2S. The van der Waals surface area contributed by atoms with Gasteiger partial charge >= 0.3 is 5.69 Å². The summed E-state index contributed by atoms with van der Waals surface area (Å²) >= 11 is 4.64. The predicted molar refractivity (Wildman–Crippen MR) is 52.8 cm³/mol. The molecule has 0 radical (unpaired) electrons. The van der Waals surface area contributed by atoms with Crippen molar-refractivity contribution in [1.82, 2.24) is 9.55 Å². The second-order valence-corrected chi connectivity index (χ2v) is 3.19. The minimum absolute atomic E-state index is 0.145. The van der Waals surface area contributed by atoms with Crippen molar-refractivity contribution in [2.45, 2.75) is 13.5 Å². The summed E-state index contributed by atoms with van der Waals surface area (Å²) in [5, 5.41) is 0. The zero-order valence-electron chi connectivity index (χ0n) is 7.03. The molecule has 1 aromatic rings. The minimum Gasteiger partial charge on any atom is -0.392 e. The van der Waals surface area contributed by atoms with E-state index in [1.54, 1.807) is 6.92 Å². The second-order valence-electron chi connectivity index (χ2n) is 2.67. The Kier molecular flexibility index (Phi) is 2.62. The van der Waals surface area contributed by atoms with E-state index >= 15 is 0 Å². The van der Waals surface area contributed by atoms with Crippen molar-refractivity contribution in [3.63, 3.8) is 0 Å². The molecule has 0 aliphatic rings. The van der Waals surface area contributed by atoms with Gasteiger partial charge in [0, 0.05) is 11.8 Å². The van der Waals surface area contributed by atoms with Crippen LogP contribution in [0.25, 0.3) is 0 Å². The number of nitrogens with zero attached hydrogens (tertiary/aromatic N) is 1. The van der Waals surface area contributed by atoms with Crippen molar-refractivity contribution in [2.75, 3.05) is 0 Å². The van der Waals surface area contributed by atoms with Gasteiger partial charge < -0.3 is 5.73 Å². The smallest absolute Gasteiger partial charge is 0.328 e. The maximum absolute atomic E-state index is 11.1. The summed E-state index contributed by atoms with van der Waals surface area (Å²) in [4.78, 5) is 24.4. The lowest BCUT2D eigenvalue weighted by Crippen LogP contribution is -2.33. The Bertz CT molecular complexity index is 446. The first-order valence-electron chi connectivity index (χ1n) is 3.59. The van der Waals surface area contributed by atoms with Gasteiger partial charge in [-0.15, -0.1) is 0 Å². The lowest BCUT2D eigenvalue weighted by atomic mass is 10.4. The Balaban J connectivity index is 3.24. The number of H-pyrrole nitrogens is 1. The molecule has 0 unspecified atom stereocenters. The maximum atomic E-state index is 11.1. The fourth-order valence-electron chi connectivity index (χ4n) is 0.904. The standard InChI is InChI=1S/C7H9N3O2S/c1-4-2-10(3-5(8)13)7(12)9-6(4)11/h2H,3H2,1H3,(H2,8,13)(H,9,11,12). The third kappa shape index (κ3) is 2.25. The van der Waals surface area contributed by atoms with Crippen molar-refractivity contribution in [3.8, 4) is 0 Å². The molecule has 0 aromatic carbocycles. The first kappa shape index (κ1) is 9.66. The van der Waals surface area contributed by atoms with E-state index in [2.05, 4.69) is 17.2 Å². The number of hydrogen-bond donors (Lipinski definition) is 2. The predicted octanol–water partition coefficient (Wildman–Crippen LogP) is -0.869. The highest BCUT2D eigenvalue weighted by Crippen LogP contribution is 1.83. The lowest BCUT2D eigenvalue weighted by molar-refractivity contribution is 0.751. The Morgan fingerprint density at radius 1 is 1.69 bits per heavy atom. The SMILES string of the molecule is Cc1cn(CC(N)=S)c(=O)[nH]c1=O. The van der Waals surface area contributed by atoms with Crippen LogP contribution in [0.1, 0.15) is 5.56 Å². The normalized spacial score (nSPS) is 9.92. The van der Waals surface area contributed by atoms with Crippen LogP contribution in [0.4, 0.5) is 0 Å². The van der Waals surface area contributed by atoms with Crippen molar-refractivity contribution < 1.29 is 0 Å². The van der Waals surface area contributed by atoms with Gasteiger partial charge in [-0.2, -0.15) is 0 Å². The number of aryl methyl sites for hydroxylation is 1. The molecule has 0 amide bonds. The van der Waals surface area contributed by atoms with Crippen LogP contribution in [-0.2, 0) is 6.54 Å². The van der Waals surface area contributed by atoms with E-state index in [0.717, 1.165) is 0 Å². The second kappa shape index (κ2) is 3.53. The minimum atomic E-state index is -0.497. The van der Waals surface area contributed by atoms with Crippen LogP contribution in [0.5, 0.6) is 0 Å². The molecule has 6 heteroatoms. The largest absolute Gasteiger partial charge is 0.392 e. The Hall–Kier alpha value is -1.43. The van der Waals surface area contributed by atoms with Crippen LogP contribution >= 0.6 is 12.2 Å². The van der Waals surface area contributed by atoms with Crippen LogP contribution in [-0.4, -0.2) is 14.5 Å². The molecule has 0 bridgehead atoms. The first-order valence-corrected chi connectivity index (χ1v) is 4.00. The van der Waals surface area contributed by atoms with Gasteiger partial charge in [-0.1, -0.05) is 12.2 Å². The molecule has 3 N–H and O–H groups in total. The molecule has 0 saturated carbocycles. The molecule has 1 heterocycles. The van der Waals surface area contributed by atoms with Gasteiger partial charge in [0.1, 0.15) is 0 Å². The summed E-state index contributed by atoms with van der Waals surface area (Å²) in [7, 11) is 0. The maximum Gasteiger partial charge on any atom is 0.328 e. The van der Waals surface area contributed by atoms with E-state index in [4.69, 9.17) is 5.73 Å².